The highest BCUT2D eigenvalue weighted by atomic mass is 16.7. The summed E-state index contributed by atoms with van der Waals surface area (Å²) in [6.07, 6.45) is -0.162. The van der Waals surface area contributed by atoms with Crippen LogP contribution in [-0.2, 0) is 6.42 Å². The van der Waals surface area contributed by atoms with Crippen molar-refractivity contribution in [3.05, 3.63) is 109 Å². The molecule has 0 radical (unpaired) electrons. The summed E-state index contributed by atoms with van der Waals surface area (Å²) in [5.74, 6) is 2.41. The number of benzene rings is 5. The van der Waals surface area contributed by atoms with Gasteiger partial charge < -0.3 is 29.0 Å². The summed E-state index contributed by atoms with van der Waals surface area (Å²) >= 11 is 0. The SMILES string of the molecule is COc1cccc(OC)c1-c1ccccc1-c1cccc2c(CCCOc3cccc4ccccc34)c(OC(=O)O)[nH]c12. The molecule has 7 nitrogen and oxygen atoms in total. The minimum atomic E-state index is -1.37. The van der Waals surface area contributed by atoms with E-state index in [4.69, 9.17) is 18.9 Å². The molecule has 1 aromatic heterocycles. The van der Waals surface area contributed by atoms with Gasteiger partial charge in [-0.3, -0.25) is 0 Å². The average molecular weight is 574 g/mol. The van der Waals surface area contributed by atoms with E-state index < -0.39 is 6.16 Å². The lowest BCUT2D eigenvalue weighted by atomic mass is 9.92. The molecule has 43 heavy (non-hydrogen) atoms. The quantitative estimate of drug-likeness (QED) is 0.126. The molecule has 0 atom stereocenters. The number of nitrogens with one attached hydrogen (secondary N) is 1. The van der Waals surface area contributed by atoms with Crippen molar-refractivity contribution in [3.63, 3.8) is 0 Å². The Morgan fingerprint density at radius 2 is 1.30 bits per heavy atom. The van der Waals surface area contributed by atoms with Crippen LogP contribution in [0.1, 0.15) is 12.0 Å². The number of hydrogen-bond acceptors (Lipinski definition) is 5. The summed E-state index contributed by atoms with van der Waals surface area (Å²) in [7, 11) is 3.27. The summed E-state index contributed by atoms with van der Waals surface area (Å²) in [5.41, 5.74) is 5.15. The van der Waals surface area contributed by atoms with Gasteiger partial charge in [0.1, 0.15) is 17.2 Å². The monoisotopic (exact) mass is 573 g/mol. The zero-order valence-corrected chi connectivity index (χ0v) is 23.9. The minimum Gasteiger partial charge on any atom is -0.496 e. The summed E-state index contributed by atoms with van der Waals surface area (Å²) < 4.78 is 22.8. The number of methoxy groups -OCH3 is 2. The first-order valence-electron chi connectivity index (χ1n) is 14.0. The third-order valence-corrected chi connectivity index (χ3v) is 7.58. The van der Waals surface area contributed by atoms with Crippen molar-refractivity contribution >= 4 is 27.8 Å². The van der Waals surface area contributed by atoms with Crippen molar-refractivity contribution in [1.82, 2.24) is 4.98 Å². The van der Waals surface area contributed by atoms with E-state index in [9.17, 15) is 9.90 Å². The third kappa shape index (κ3) is 5.45. The molecule has 1 heterocycles. The summed E-state index contributed by atoms with van der Waals surface area (Å²) in [5, 5.41) is 12.6. The Morgan fingerprint density at radius 1 is 0.698 bits per heavy atom. The molecule has 0 unspecified atom stereocenters. The smallest absolute Gasteiger partial charge is 0.496 e. The number of aromatic amines is 1. The second-order valence-electron chi connectivity index (χ2n) is 10.0. The molecule has 7 heteroatoms. The number of aryl methyl sites for hydroxylation is 1. The summed E-state index contributed by atoms with van der Waals surface area (Å²) in [4.78, 5) is 15.0. The van der Waals surface area contributed by atoms with Crippen LogP contribution in [-0.4, -0.2) is 37.1 Å². The molecule has 6 rings (SSSR count). The maximum atomic E-state index is 11.7. The Hall–Kier alpha value is -5.43. The first-order chi connectivity index (χ1) is 21.1. The molecule has 0 spiro atoms. The van der Waals surface area contributed by atoms with Crippen LogP contribution in [0.25, 0.3) is 43.9 Å². The number of rotatable bonds is 10. The lowest BCUT2D eigenvalue weighted by Gasteiger charge is -2.17. The summed E-state index contributed by atoms with van der Waals surface area (Å²) in [6, 6.07) is 33.8. The van der Waals surface area contributed by atoms with Gasteiger partial charge in [0.25, 0.3) is 0 Å². The highest BCUT2D eigenvalue weighted by molar-refractivity contribution is 6.02. The number of hydrogen-bond donors (Lipinski definition) is 2. The number of aromatic nitrogens is 1. The summed E-state index contributed by atoms with van der Waals surface area (Å²) in [6.45, 7) is 0.462. The van der Waals surface area contributed by atoms with Gasteiger partial charge in [0, 0.05) is 21.9 Å². The van der Waals surface area contributed by atoms with Gasteiger partial charge in [0.2, 0.25) is 5.88 Å². The molecule has 0 aliphatic rings. The van der Waals surface area contributed by atoms with E-state index in [1.807, 2.05) is 91.0 Å². The first kappa shape index (κ1) is 27.7. The molecule has 2 N–H and O–H groups in total. The molecule has 0 amide bonds. The van der Waals surface area contributed by atoms with E-state index >= 15 is 0 Å². The van der Waals surface area contributed by atoms with Crippen LogP contribution in [0.3, 0.4) is 0 Å². The van der Waals surface area contributed by atoms with Gasteiger partial charge in [-0.05, 0) is 47.6 Å². The number of para-hydroxylation sites is 1. The standard InChI is InChI=1S/C36H31NO6/c1-40-31-20-9-21-32(41-2)33(31)26-15-6-5-14-25(26)27-16-8-17-28-29(35(37-34(27)28)43-36(38)39)18-10-22-42-30-19-7-12-23-11-3-4-13-24(23)30/h3-9,11-17,19-21,37H,10,18,22H2,1-2H3,(H,38,39). The predicted molar refractivity (Wildman–Crippen MR) is 169 cm³/mol. The Balaban J connectivity index is 1.37. The third-order valence-electron chi connectivity index (χ3n) is 7.58. The number of carboxylic acid groups (broad SMARTS) is 1. The molecular weight excluding hydrogens is 542 g/mol. The molecule has 216 valence electrons. The molecule has 0 bridgehead atoms. The topological polar surface area (TPSA) is 90.0 Å². The van der Waals surface area contributed by atoms with Crippen LogP contribution in [0.4, 0.5) is 4.79 Å². The fourth-order valence-electron chi connectivity index (χ4n) is 5.70. The van der Waals surface area contributed by atoms with E-state index in [2.05, 4.69) is 17.1 Å². The molecular formula is C36H31NO6. The maximum absolute atomic E-state index is 11.7. The molecule has 5 aromatic carbocycles. The molecule has 6 aromatic rings. The first-order valence-corrected chi connectivity index (χ1v) is 14.0. The largest absolute Gasteiger partial charge is 0.512 e. The van der Waals surface area contributed by atoms with Crippen molar-refractivity contribution in [3.8, 4) is 45.4 Å². The average Bonchev–Trinajstić information content (AvgIpc) is 3.38. The Labute approximate surface area is 249 Å². The molecule has 0 aliphatic heterocycles. The fraction of sp³-hybridized carbons (Fsp3) is 0.139. The highest BCUT2D eigenvalue weighted by Gasteiger charge is 2.21. The second-order valence-corrected chi connectivity index (χ2v) is 10.0. The normalized spacial score (nSPS) is 11.0. The van der Waals surface area contributed by atoms with Gasteiger partial charge in [-0.1, -0.05) is 84.9 Å². The van der Waals surface area contributed by atoms with Crippen LogP contribution in [0.2, 0.25) is 0 Å². The second kappa shape index (κ2) is 12.2. The van der Waals surface area contributed by atoms with Gasteiger partial charge in [-0.2, -0.15) is 0 Å². The Kier molecular flexibility index (Phi) is 7.87. The zero-order valence-electron chi connectivity index (χ0n) is 23.9. The minimum absolute atomic E-state index is 0.215. The van der Waals surface area contributed by atoms with Crippen LogP contribution >= 0.6 is 0 Å². The van der Waals surface area contributed by atoms with Crippen LogP contribution in [0, 0.1) is 0 Å². The van der Waals surface area contributed by atoms with Gasteiger partial charge in [-0.25, -0.2) is 4.79 Å². The van der Waals surface area contributed by atoms with Crippen molar-refractivity contribution < 1.29 is 28.8 Å². The van der Waals surface area contributed by atoms with Gasteiger partial charge in [-0.15, -0.1) is 0 Å². The van der Waals surface area contributed by atoms with Crippen LogP contribution in [0.5, 0.6) is 23.1 Å². The lowest BCUT2D eigenvalue weighted by molar-refractivity contribution is 0.142. The Morgan fingerprint density at radius 3 is 2.07 bits per heavy atom. The fourth-order valence-corrected chi connectivity index (χ4v) is 5.70. The van der Waals surface area contributed by atoms with Gasteiger partial charge >= 0.3 is 6.16 Å². The Bertz CT molecular complexity index is 1900. The van der Waals surface area contributed by atoms with E-state index in [1.54, 1.807) is 14.2 Å². The van der Waals surface area contributed by atoms with Crippen molar-refractivity contribution in [2.45, 2.75) is 12.8 Å². The van der Waals surface area contributed by atoms with Crippen LogP contribution in [0.15, 0.2) is 103 Å². The van der Waals surface area contributed by atoms with Gasteiger partial charge in [0.15, 0.2) is 0 Å². The number of fused-ring (bicyclic) bond motifs is 2. The van der Waals surface area contributed by atoms with Gasteiger partial charge in [0.05, 0.1) is 31.9 Å². The van der Waals surface area contributed by atoms with Crippen LogP contribution < -0.4 is 18.9 Å². The molecule has 0 saturated heterocycles. The molecule has 0 fully saturated rings. The maximum Gasteiger partial charge on any atom is 0.512 e. The number of ether oxygens (including phenoxy) is 4. The highest BCUT2D eigenvalue weighted by Crippen LogP contribution is 2.45. The molecule has 0 saturated carbocycles. The lowest BCUT2D eigenvalue weighted by Crippen LogP contribution is -2.06. The zero-order chi connectivity index (χ0) is 29.8. The van der Waals surface area contributed by atoms with Crippen molar-refractivity contribution in [2.75, 3.05) is 20.8 Å². The number of carbonyl (C=O) groups is 1. The molecule has 0 aliphatic carbocycles. The van der Waals surface area contributed by atoms with Crippen molar-refractivity contribution in [1.29, 1.82) is 0 Å². The van der Waals surface area contributed by atoms with E-state index in [0.29, 0.717) is 30.9 Å². The van der Waals surface area contributed by atoms with E-state index in [1.165, 1.54) is 0 Å². The van der Waals surface area contributed by atoms with E-state index in [-0.39, 0.29) is 5.88 Å². The number of H-pyrrole nitrogens is 1. The van der Waals surface area contributed by atoms with Crippen molar-refractivity contribution in [2.24, 2.45) is 0 Å². The predicted octanol–water partition coefficient (Wildman–Crippen LogP) is 8.74. The van der Waals surface area contributed by atoms with E-state index in [0.717, 1.165) is 55.2 Å².